The van der Waals surface area contributed by atoms with Gasteiger partial charge in [0.05, 0.1) is 13.2 Å². The Morgan fingerprint density at radius 2 is 1.90 bits per heavy atom. The van der Waals surface area contributed by atoms with Crippen LogP contribution in [0.25, 0.3) is 0 Å². The SMILES string of the molecule is CC(C)(C)OC(=O)N[C@H](CN1CCOCC1)C(=O)O.[KH]. The summed E-state index contributed by atoms with van der Waals surface area (Å²) < 4.78 is 10.2. The van der Waals surface area contributed by atoms with Gasteiger partial charge in [-0.15, -0.1) is 0 Å². The van der Waals surface area contributed by atoms with Gasteiger partial charge in [0.15, 0.2) is 0 Å². The van der Waals surface area contributed by atoms with Gasteiger partial charge in [0.1, 0.15) is 11.6 Å². The summed E-state index contributed by atoms with van der Waals surface area (Å²) in [7, 11) is 0. The van der Waals surface area contributed by atoms with Gasteiger partial charge in [-0.3, -0.25) is 4.90 Å². The van der Waals surface area contributed by atoms with E-state index in [1.54, 1.807) is 20.8 Å². The fourth-order valence-corrected chi connectivity index (χ4v) is 1.68. The molecule has 0 aromatic carbocycles. The Hall–Kier alpha value is 0.296. The standard InChI is InChI=1S/C12H22N2O5.K.H/c1-12(2,3)19-11(17)13-9(10(15)16)8-14-4-6-18-7-5-14;;/h9H,4-8H2,1-3H3,(H,13,17)(H,15,16);;/t9-;;/m1../s1. The summed E-state index contributed by atoms with van der Waals surface area (Å²) in [6, 6.07) is -0.979. The third-order valence-corrected chi connectivity index (χ3v) is 2.53. The van der Waals surface area contributed by atoms with E-state index >= 15 is 0 Å². The number of hydrogen-bond donors (Lipinski definition) is 2. The van der Waals surface area contributed by atoms with E-state index in [2.05, 4.69) is 5.32 Å². The zero-order valence-electron chi connectivity index (χ0n) is 11.6. The van der Waals surface area contributed by atoms with Gasteiger partial charge in [0.25, 0.3) is 0 Å². The van der Waals surface area contributed by atoms with Crippen molar-refractivity contribution in [1.29, 1.82) is 0 Å². The van der Waals surface area contributed by atoms with E-state index in [1.165, 1.54) is 0 Å². The normalized spacial score (nSPS) is 17.8. The first-order valence-electron chi connectivity index (χ1n) is 6.30. The monoisotopic (exact) mass is 314 g/mol. The third-order valence-electron chi connectivity index (χ3n) is 2.53. The van der Waals surface area contributed by atoms with Crippen LogP contribution in [0.2, 0.25) is 0 Å². The molecular formula is C12H23KN2O5. The number of hydrogen-bond acceptors (Lipinski definition) is 5. The quantitative estimate of drug-likeness (QED) is 0.690. The van der Waals surface area contributed by atoms with Crippen LogP contribution in [0.15, 0.2) is 0 Å². The molecule has 1 saturated heterocycles. The van der Waals surface area contributed by atoms with Crippen molar-refractivity contribution in [3.63, 3.8) is 0 Å². The molecule has 1 amide bonds. The average Bonchev–Trinajstić information content (AvgIpc) is 2.26. The molecule has 0 unspecified atom stereocenters. The third kappa shape index (κ3) is 8.55. The van der Waals surface area contributed by atoms with Gasteiger partial charge in [-0.25, -0.2) is 9.59 Å². The number of alkyl carbamates (subject to hydrolysis) is 1. The fraction of sp³-hybridized carbons (Fsp3) is 0.833. The molecule has 0 bridgehead atoms. The molecule has 0 spiro atoms. The number of nitrogens with zero attached hydrogens (tertiary/aromatic N) is 1. The van der Waals surface area contributed by atoms with Crippen LogP contribution < -0.4 is 5.32 Å². The zero-order chi connectivity index (χ0) is 14.5. The van der Waals surface area contributed by atoms with Crippen LogP contribution in [-0.4, -0.2) is 118 Å². The predicted molar refractivity (Wildman–Crippen MR) is 75.2 cm³/mol. The van der Waals surface area contributed by atoms with Crippen LogP contribution >= 0.6 is 0 Å². The fourth-order valence-electron chi connectivity index (χ4n) is 1.68. The second-order valence-electron chi connectivity index (χ2n) is 5.45. The summed E-state index contributed by atoms with van der Waals surface area (Å²) in [5.41, 5.74) is -0.647. The number of carbonyl (C=O) groups excluding carboxylic acids is 1. The van der Waals surface area contributed by atoms with E-state index in [1.807, 2.05) is 4.90 Å². The number of morpholine rings is 1. The molecule has 0 saturated carbocycles. The molecule has 0 aliphatic carbocycles. The van der Waals surface area contributed by atoms with E-state index in [0.717, 1.165) is 0 Å². The molecule has 2 N–H and O–H groups in total. The molecule has 0 aromatic heterocycles. The molecule has 1 aliphatic heterocycles. The Morgan fingerprint density at radius 3 is 2.35 bits per heavy atom. The van der Waals surface area contributed by atoms with Crippen LogP contribution in [-0.2, 0) is 14.3 Å². The molecule has 8 heteroatoms. The molecule has 20 heavy (non-hydrogen) atoms. The molecule has 1 atom stereocenters. The first kappa shape index (κ1) is 20.3. The number of carboxylic acids is 1. The molecule has 0 aromatic rings. The van der Waals surface area contributed by atoms with Crippen molar-refractivity contribution < 1.29 is 24.2 Å². The van der Waals surface area contributed by atoms with Gasteiger partial charge in [0, 0.05) is 19.6 Å². The molecule has 1 fully saturated rings. The predicted octanol–water partition coefficient (Wildman–Crippen LogP) is -0.352. The number of ether oxygens (including phenoxy) is 2. The number of carbonyl (C=O) groups is 2. The van der Waals surface area contributed by atoms with E-state index in [4.69, 9.17) is 14.6 Å². The minimum atomic E-state index is -1.07. The van der Waals surface area contributed by atoms with Gasteiger partial charge in [0.2, 0.25) is 0 Å². The Bertz CT molecular complexity index is 326. The van der Waals surface area contributed by atoms with Crippen molar-refractivity contribution in [3.05, 3.63) is 0 Å². The number of carboxylic acid groups (broad SMARTS) is 1. The molecule has 112 valence electrons. The second kappa shape index (κ2) is 9.34. The van der Waals surface area contributed by atoms with Crippen molar-refractivity contribution >= 4 is 63.4 Å². The molecule has 7 nitrogen and oxygen atoms in total. The molecule has 1 rings (SSSR count). The van der Waals surface area contributed by atoms with Gasteiger partial charge in [-0.05, 0) is 20.8 Å². The summed E-state index contributed by atoms with van der Waals surface area (Å²) in [6.07, 6.45) is -0.715. The molecule has 0 radical (unpaired) electrons. The molecule has 1 heterocycles. The number of amides is 1. The summed E-state index contributed by atoms with van der Waals surface area (Å²) in [6.45, 7) is 7.92. The van der Waals surface area contributed by atoms with Gasteiger partial charge in [-0.1, -0.05) is 0 Å². The van der Waals surface area contributed by atoms with Crippen LogP contribution in [0, 0.1) is 0 Å². The number of rotatable bonds is 4. The zero-order valence-corrected chi connectivity index (χ0v) is 11.6. The maximum atomic E-state index is 11.6. The minimum absolute atomic E-state index is 0. The molecule has 1 aliphatic rings. The van der Waals surface area contributed by atoms with Crippen molar-refractivity contribution in [1.82, 2.24) is 10.2 Å². The van der Waals surface area contributed by atoms with Crippen LogP contribution in [0.3, 0.4) is 0 Å². The second-order valence-corrected chi connectivity index (χ2v) is 5.45. The first-order valence-corrected chi connectivity index (χ1v) is 6.30. The van der Waals surface area contributed by atoms with Gasteiger partial charge < -0.3 is 19.9 Å². The average molecular weight is 314 g/mol. The Balaban J connectivity index is 0.00000361. The van der Waals surface area contributed by atoms with E-state index in [-0.39, 0.29) is 57.9 Å². The van der Waals surface area contributed by atoms with E-state index < -0.39 is 23.7 Å². The van der Waals surface area contributed by atoms with Crippen molar-refractivity contribution in [3.8, 4) is 0 Å². The van der Waals surface area contributed by atoms with Crippen molar-refractivity contribution in [2.24, 2.45) is 0 Å². The van der Waals surface area contributed by atoms with Gasteiger partial charge in [-0.2, -0.15) is 0 Å². The Labute approximate surface area is 161 Å². The molecular weight excluding hydrogens is 291 g/mol. The van der Waals surface area contributed by atoms with E-state index in [0.29, 0.717) is 26.3 Å². The number of aliphatic carboxylic acids is 1. The summed E-state index contributed by atoms with van der Waals surface area (Å²) in [5.74, 6) is -1.07. The van der Waals surface area contributed by atoms with Crippen LogP contribution in [0.1, 0.15) is 20.8 Å². The van der Waals surface area contributed by atoms with E-state index in [9.17, 15) is 9.59 Å². The summed E-state index contributed by atoms with van der Waals surface area (Å²) >= 11 is 0. The van der Waals surface area contributed by atoms with Crippen LogP contribution in [0.5, 0.6) is 0 Å². The van der Waals surface area contributed by atoms with Crippen molar-refractivity contribution in [2.75, 3.05) is 32.8 Å². The first-order chi connectivity index (χ1) is 8.78. The number of nitrogens with one attached hydrogen (secondary N) is 1. The van der Waals surface area contributed by atoms with Crippen molar-refractivity contribution in [2.45, 2.75) is 32.4 Å². The Kier molecular flexibility index (Phi) is 9.48. The van der Waals surface area contributed by atoms with Gasteiger partial charge >= 0.3 is 63.4 Å². The Morgan fingerprint density at radius 1 is 1.35 bits per heavy atom. The topological polar surface area (TPSA) is 88.1 Å². The summed E-state index contributed by atoms with van der Waals surface area (Å²) in [5, 5.41) is 11.5. The maximum absolute atomic E-state index is 11.6. The van der Waals surface area contributed by atoms with Crippen LogP contribution in [0.4, 0.5) is 4.79 Å². The summed E-state index contributed by atoms with van der Waals surface area (Å²) in [4.78, 5) is 24.7.